The first-order chi connectivity index (χ1) is 10.0. The molecule has 0 radical (unpaired) electrons. The summed E-state index contributed by atoms with van der Waals surface area (Å²) in [5.74, 6) is 0.331. The van der Waals surface area contributed by atoms with Crippen molar-refractivity contribution in [2.75, 3.05) is 19.6 Å². The standard InChI is InChI=1S/C18H28N2O.ClH/c1-4-14-7-9-16(10-8-14)18(2,3)13-20-17(21)15-6-5-11-19-12-15;/h7-10,15,19H,4-6,11-13H2,1-3H3,(H,20,21);1H. The summed E-state index contributed by atoms with van der Waals surface area (Å²) in [6.07, 6.45) is 3.16. The molecule has 1 heterocycles. The number of hydrogen-bond acceptors (Lipinski definition) is 2. The number of halogens is 1. The van der Waals surface area contributed by atoms with E-state index in [2.05, 4.69) is 55.7 Å². The van der Waals surface area contributed by atoms with Gasteiger partial charge in [0.15, 0.2) is 0 Å². The molecule has 0 saturated carbocycles. The van der Waals surface area contributed by atoms with Crippen LogP contribution in [0.25, 0.3) is 0 Å². The van der Waals surface area contributed by atoms with Crippen LogP contribution >= 0.6 is 12.4 Å². The second kappa shape index (κ2) is 8.54. The van der Waals surface area contributed by atoms with Gasteiger partial charge in [-0.05, 0) is 36.9 Å². The van der Waals surface area contributed by atoms with Crippen molar-refractivity contribution < 1.29 is 4.79 Å². The van der Waals surface area contributed by atoms with E-state index in [4.69, 9.17) is 0 Å². The van der Waals surface area contributed by atoms with Crippen LogP contribution in [0.4, 0.5) is 0 Å². The molecule has 0 spiro atoms. The van der Waals surface area contributed by atoms with Crippen molar-refractivity contribution in [2.45, 2.75) is 45.4 Å². The molecule has 0 aromatic heterocycles. The Labute approximate surface area is 140 Å². The number of amides is 1. The van der Waals surface area contributed by atoms with Crippen molar-refractivity contribution in [2.24, 2.45) is 5.92 Å². The van der Waals surface area contributed by atoms with Crippen molar-refractivity contribution >= 4 is 18.3 Å². The van der Waals surface area contributed by atoms with Crippen LogP contribution in [0.2, 0.25) is 0 Å². The molecule has 1 atom stereocenters. The third-order valence-corrected chi connectivity index (χ3v) is 4.52. The van der Waals surface area contributed by atoms with Gasteiger partial charge in [-0.3, -0.25) is 4.79 Å². The average Bonchev–Trinajstić information content (AvgIpc) is 2.53. The molecule has 0 aliphatic carbocycles. The van der Waals surface area contributed by atoms with Crippen LogP contribution in [-0.2, 0) is 16.6 Å². The largest absolute Gasteiger partial charge is 0.355 e. The van der Waals surface area contributed by atoms with E-state index in [-0.39, 0.29) is 29.6 Å². The quantitative estimate of drug-likeness (QED) is 0.874. The number of benzene rings is 1. The van der Waals surface area contributed by atoms with Gasteiger partial charge in [-0.1, -0.05) is 45.0 Å². The smallest absolute Gasteiger partial charge is 0.224 e. The molecular formula is C18H29ClN2O. The minimum absolute atomic E-state index is 0. The maximum absolute atomic E-state index is 12.2. The van der Waals surface area contributed by atoms with Crippen LogP contribution < -0.4 is 10.6 Å². The second-order valence-electron chi connectivity index (χ2n) is 6.70. The van der Waals surface area contributed by atoms with Crippen molar-refractivity contribution in [3.8, 4) is 0 Å². The Bertz CT molecular complexity index is 464. The van der Waals surface area contributed by atoms with E-state index in [0.717, 1.165) is 32.4 Å². The summed E-state index contributed by atoms with van der Waals surface area (Å²) in [7, 11) is 0. The van der Waals surface area contributed by atoms with Gasteiger partial charge in [0, 0.05) is 18.5 Å². The van der Waals surface area contributed by atoms with Gasteiger partial charge >= 0.3 is 0 Å². The van der Waals surface area contributed by atoms with Crippen LogP contribution in [0.15, 0.2) is 24.3 Å². The number of carbonyl (C=O) groups is 1. The SMILES string of the molecule is CCc1ccc(C(C)(C)CNC(=O)C2CCCNC2)cc1.Cl. The molecule has 1 unspecified atom stereocenters. The number of hydrogen-bond donors (Lipinski definition) is 2. The predicted octanol–water partition coefficient (Wildman–Crippen LogP) is 3.06. The lowest BCUT2D eigenvalue weighted by atomic mass is 9.84. The van der Waals surface area contributed by atoms with E-state index in [9.17, 15) is 4.79 Å². The van der Waals surface area contributed by atoms with Gasteiger partial charge in [-0.25, -0.2) is 0 Å². The second-order valence-corrected chi connectivity index (χ2v) is 6.70. The Kier molecular flexibility index (Phi) is 7.37. The Morgan fingerprint density at radius 2 is 2.00 bits per heavy atom. The highest BCUT2D eigenvalue weighted by atomic mass is 35.5. The Balaban J connectivity index is 0.00000242. The molecule has 1 aromatic rings. The summed E-state index contributed by atoms with van der Waals surface area (Å²) >= 11 is 0. The Morgan fingerprint density at radius 1 is 1.32 bits per heavy atom. The van der Waals surface area contributed by atoms with Crippen LogP contribution in [0, 0.1) is 5.92 Å². The number of carbonyl (C=O) groups excluding carboxylic acids is 1. The molecule has 22 heavy (non-hydrogen) atoms. The number of rotatable bonds is 5. The third kappa shape index (κ3) is 4.99. The Morgan fingerprint density at radius 3 is 2.55 bits per heavy atom. The van der Waals surface area contributed by atoms with Gasteiger partial charge < -0.3 is 10.6 Å². The molecule has 2 rings (SSSR count). The summed E-state index contributed by atoms with van der Waals surface area (Å²) in [6.45, 7) is 9.09. The Hall–Kier alpha value is -1.06. The zero-order chi connectivity index (χ0) is 15.3. The first-order valence-electron chi connectivity index (χ1n) is 8.11. The van der Waals surface area contributed by atoms with Gasteiger partial charge in [0.2, 0.25) is 5.91 Å². The maximum Gasteiger partial charge on any atom is 0.224 e. The summed E-state index contributed by atoms with van der Waals surface area (Å²) in [5.41, 5.74) is 2.60. The average molecular weight is 325 g/mol. The maximum atomic E-state index is 12.2. The van der Waals surface area contributed by atoms with E-state index in [0.29, 0.717) is 6.54 Å². The zero-order valence-electron chi connectivity index (χ0n) is 13.9. The molecule has 1 aromatic carbocycles. The summed E-state index contributed by atoms with van der Waals surface area (Å²) in [4.78, 5) is 12.2. The lowest BCUT2D eigenvalue weighted by Gasteiger charge is -2.28. The van der Waals surface area contributed by atoms with E-state index in [1.807, 2.05) is 0 Å². The molecule has 1 amide bonds. The van der Waals surface area contributed by atoms with Crippen molar-refractivity contribution in [1.82, 2.24) is 10.6 Å². The number of nitrogens with one attached hydrogen (secondary N) is 2. The fraction of sp³-hybridized carbons (Fsp3) is 0.611. The van der Waals surface area contributed by atoms with Crippen molar-refractivity contribution in [3.63, 3.8) is 0 Å². The predicted molar refractivity (Wildman–Crippen MR) is 94.7 cm³/mol. The molecular weight excluding hydrogens is 296 g/mol. The molecule has 124 valence electrons. The summed E-state index contributed by atoms with van der Waals surface area (Å²) < 4.78 is 0. The monoisotopic (exact) mass is 324 g/mol. The van der Waals surface area contributed by atoms with Gasteiger partial charge in [0.1, 0.15) is 0 Å². The van der Waals surface area contributed by atoms with Crippen LogP contribution in [0.3, 0.4) is 0 Å². The highest BCUT2D eigenvalue weighted by Gasteiger charge is 2.25. The fourth-order valence-electron chi connectivity index (χ4n) is 2.82. The lowest BCUT2D eigenvalue weighted by molar-refractivity contribution is -0.125. The van der Waals surface area contributed by atoms with E-state index in [1.165, 1.54) is 11.1 Å². The molecule has 0 bridgehead atoms. The lowest BCUT2D eigenvalue weighted by Crippen LogP contribution is -2.44. The van der Waals surface area contributed by atoms with Gasteiger partial charge in [0.05, 0.1) is 5.92 Å². The molecule has 1 aliphatic rings. The topological polar surface area (TPSA) is 41.1 Å². The highest BCUT2D eigenvalue weighted by molar-refractivity contribution is 5.85. The molecule has 1 fully saturated rings. The van der Waals surface area contributed by atoms with Gasteiger partial charge in [0.25, 0.3) is 0 Å². The van der Waals surface area contributed by atoms with E-state index >= 15 is 0 Å². The van der Waals surface area contributed by atoms with Gasteiger partial charge in [-0.15, -0.1) is 12.4 Å². The molecule has 1 saturated heterocycles. The molecule has 4 heteroatoms. The van der Waals surface area contributed by atoms with Gasteiger partial charge in [-0.2, -0.15) is 0 Å². The minimum atomic E-state index is -0.0377. The zero-order valence-corrected chi connectivity index (χ0v) is 14.8. The first kappa shape index (κ1) is 19.0. The summed E-state index contributed by atoms with van der Waals surface area (Å²) in [6, 6.07) is 8.74. The van der Waals surface area contributed by atoms with Crippen LogP contribution in [-0.4, -0.2) is 25.5 Å². The highest BCUT2D eigenvalue weighted by Crippen LogP contribution is 2.23. The number of piperidine rings is 1. The summed E-state index contributed by atoms with van der Waals surface area (Å²) in [5, 5.41) is 6.44. The van der Waals surface area contributed by atoms with E-state index < -0.39 is 0 Å². The number of aryl methyl sites for hydroxylation is 1. The fourth-order valence-corrected chi connectivity index (χ4v) is 2.82. The first-order valence-corrected chi connectivity index (χ1v) is 8.11. The normalized spacial score (nSPS) is 18.4. The molecule has 1 aliphatic heterocycles. The molecule has 2 N–H and O–H groups in total. The minimum Gasteiger partial charge on any atom is -0.355 e. The van der Waals surface area contributed by atoms with Crippen molar-refractivity contribution in [1.29, 1.82) is 0 Å². The third-order valence-electron chi connectivity index (χ3n) is 4.52. The molecule has 3 nitrogen and oxygen atoms in total. The van der Waals surface area contributed by atoms with Crippen LogP contribution in [0.1, 0.15) is 44.7 Å². The van der Waals surface area contributed by atoms with Crippen molar-refractivity contribution in [3.05, 3.63) is 35.4 Å². The van der Waals surface area contributed by atoms with Crippen LogP contribution in [0.5, 0.6) is 0 Å². The van der Waals surface area contributed by atoms with E-state index in [1.54, 1.807) is 0 Å².